The number of aryl methyl sites for hydroxylation is 1. The third-order valence-electron chi connectivity index (χ3n) is 2.15. The van der Waals surface area contributed by atoms with Gasteiger partial charge in [-0.1, -0.05) is 12.1 Å². The third-order valence-corrected chi connectivity index (χ3v) is 3.11. The summed E-state index contributed by atoms with van der Waals surface area (Å²) in [6.45, 7) is 2.01. The molecule has 0 fully saturated rings. The lowest BCUT2D eigenvalue weighted by Crippen LogP contribution is -2.00. The Morgan fingerprint density at radius 1 is 1.44 bits per heavy atom. The van der Waals surface area contributed by atoms with Gasteiger partial charge >= 0.3 is 5.97 Å². The number of esters is 1. The lowest BCUT2D eigenvalue weighted by Gasteiger charge is -2.01. The van der Waals surface area contributed by atoms with Crippen molar-refractivity contribution < 1.29 is 9.53 Å². The molecule has 0 spiro atoms. The highest BCUT2D eigenvalue weighted by atomic mass is 32.1. The Hall–Kier alpha value is -1.68. The maximum Gasteiger partial charge on any atom is 0.337 e. The summed E-state index contributed by atoms with van der Waals surface area (Å²) < 4.78 is 4.68. The average molecular weight is 233 g/mol. The van der Waals surface area contributed by atoms with Crippen LogP contribution in [0.2, 0.25) is 0 Å². The van der Waals surface area contributed by atoms with E-state index in [0.29, 0.717) is 5.56 Å². The van der Waals surface area contributed by atoms with Crippen LogP contribution in [-0.2, 0) is 4.74 Å². The highest BCUT2D eigenvalue weighted by Crippen LogP contribution is 2.25. The molecule has 2 aromatic rings. The van der Waals surface area contributed by atoms with E-state index in [1.54, 1.807) is 23.5 Å². The number of ether oxygens (including phenoxy) is 1. The fourth-order valence-electron chi connectivity index (χ4n) is 1.39. The van der Waals surface area contributed by atoms with Crippen molar-refractivity contribution in [3.05, 3.63) is 40.9 Å². The Morgan fingerprint density at radius 2 is 2.25 bits per heavy atom. The molecular formula is C12H11NO2S. The van der Waals surface area contributed by atoms with E-state index in [0.717, 1.165) is 15.4 Å². The molecule has 82 valence electrons. The molecule has 0 unspecified atom stereocenters. The minimum atomic E-state index is -0.324. The molecule has 1 heterocycles. The van der Waals surface area contributed by atoms with Crippen LogP contribution in [0.3, 0.4) is 0 Å². The third kappa shape index (κ3) is 2.12. The van der Waals surface area contributed by atoms with E-state index >= 15 is 0 Å². The van der Waals surface area contributed by atoms with Crippen molar-refractivity contribution in [3.8, 4) is 10.6 Å². The fraction of sp³-hybridized carbons (Fsp3) is 0.167. The topological polar surface area (TPSA) is 39.2 Å². The van der Waals surface area contributed by atoms with Gasteiger partial charge in [-0.3, -0.25) is 0 Å². The second-order valence-electron chi connectivity index (χ2n) is 3.35. The first-order valence-electron chi connectivity index (χ1n) is 4.82. The van der Waals surface area contributed by atoms with Crippen molar-refractivity contribution in [1.82, 2.24) is 4.98 Å². The number of carbonyl (C=O) groups excluding carboxylic acids is 1. The molecular weight excluding hydrogens is 222 g/mol. The van der Waals surface area contributed by atoms with Crippen LogP contribution in [0.4, 0.5) is 0 Å². The summed E-state index contributed by atoms with van der Waals surface area (Å²) in [5, 5.41) is 0.920. The van der Waals surface area contributed by atoms with Gasteiger partial charge in [0.2, 0.25) is 0 Å². The second-order valence-corrected chi connectivity index (χ2v) is 4.58. The van der Waals surface area contributed by atoms with Gasteiger partial charge in [-0.15, -0.1) is 11.3 Å². The van der Waals surface area contributed by atoms with Gasteiger partial charge in [0.05, 0.1) is 12.7 Å². The molecule has 1 aromatic carbocycles. The van der Waals surface area contributed by atoms with Crippen molar-refractivity contribution >= 4 is 17.3 Å². The molecule has 0 atom stereocenters. The lowest BCUT2D eigenvalue weighted by atomic mass is 10.1. The fourth-order valence-corrected chi connectivity index (χ4v) is 2.15. The number of rotatable bonds is 2. The zero-order chi connectivity index (χ0) is 11.5. The minimum absolute atomic E-state index is 0.324. The van der Waals surface area contributed by atoms with Gasteiger partial charge in [0, 0.05) is 16.6 Å². The molecule has 0 aliphatic rings. The van der Waals surface area contributed by atoms with Crippen LogP contribution in [0, 0.1) is 6.92 Å². The molecule has 0 radical (unpaired) electrons. The van der Waals surface area contributed by atoms with Gasteiger partial charge in [-0.25, -0.2) is 9.78 Å². The molecule has 3 nitrogen and oxygen atoms in total. The van der Waals surface area contributed by atoms with Crippen LogP contribution in [0.1, 0.15) is 15.2 Å². The highest BCUT2D eigenvalue weighted by molar-refractivity contribution is 7.14. The summed E-state index contributed by atoms with van der Waals surface area (Å²) >= 11 is 1.61. The number of aromatic nitrogens is 1. The van der Waals surface area contributed by atoms with E-state index in [4.69, 9.17) is 0 Å². The van der Waals surface area contributed by atoms with E-state index in [2.05, 4.69) is 9.72 Å². The van der Waals surface area contributed by atoms with E-state index in [1.165, 1.54) is 7.11 Å². The molecule has 0 saturated carbocycles. The standard InChI is InChI=1S/C12H11NO2S/c1-8-7-13-11(16-8)9-4-3-5-10(6-9)12(14)15-2/h3-7H,1-2H3. The molecule has 0 N–H and O–H groups in total. The first kappa shape index (κ1) is 10.8. The molecule has 4 heteroatoms. The molecule has 0 saturated heterocycles. The number of nitrogens with zero attached hydrogens (tertiary/aromatic N) is 1. The molecule has 0 bridgehead atoms. The summed E-state index contributed by atoms with van der Waals surface area (Å²) in [6.07, 6.45) is 1.82. The van der Waals surface area contributed by atoms with Crippen LogP contribution in [0.5, 0.6) is 0 Å². The van der Waals surface area contributed by atoms with Gasteiger partial charge in [0.1, 0.15) is 5.01 Å². The number of methoxy groups -OCH3 is 1. The minimum Gasteiger partial charge on any atom is -0.465 e. The Kier molecular flexibility index (Phi) is 3.01. The van der Waals surface area contributed by atoms with Gasteiger partial charge in [-0.2, -0.15) is 0 Å². The summed E-state index contributed by atoms with van der Waals surface area (Å²) in [5.74, 6) is -0.324. The first-order valence-corrected chi connectivity index (χ1v) is 5.63. The van der Waals surface area contributed by atoms with Gasteiger partial charge in [-0.05, 0) is 19.1 Å². The van der Waals surface area contributed by atoms with Gasteiger partial charge in [0.25, 0.3) is 0 Å². The van der Waals surface area contributed by atoms with Gasteiger partial charge < -0.3 is 4.74 Å². The van der Waals surface area contributed by atoms with Crippen molar-refractivity contribution in [2.75, 3.05) is 7.11 Å². The van der Waals surface area contributed by atoms with Crippen LogP contribution >= 0.6 is 11.3 Å². The number of hydrogen-bond donors (Lipinski definition) is 0. The summed E-state index contributed by atoms with van der Waals surface area (Å²) in [4.78, 5) is 16.8. The van der Waals surface area contributed by atoms with E-state index in [1.807, 2.05) is 25.3 Å². The lowest BCUT2D eigenvalue weighted by molar-refractivity contribution is 0.0601. The van der Waals surface area contributed by atoms with Crippen molar-refractivity contribution in [2.24, 2.45) is 0 Å². The van der Waals surface area contributed by atoms with E-state index in [9.17, 15) is 4.79 Å². The normalized spacial score (nSPS) is 10.1. The summed E-state index contributed by atoms with van der Waals surface area (Å²) in [7, 11) is 1.38. The van der Waals surface area contributed by atoms with Crippen molar-refractivity contribution in [3.63, 3.8) is 0 Å². The maximum absolute atomic E-state index is 11.4. The Bertz CT molecular complexity index is 519. The quantitative estimate of drug-likeness (QED) is 0.749. The SMILES string of the molecule is COC(=O)c1cccc(-c2ncc(C)s2)c1. The summed E-state index contributed by atoms with van der Waals surface area (Å²) in [5.41, 5.74) is 1.49. The Balaban J connectivity index is 2.39. The van der Waals surface area contributed by atoms with Crippen molar-refractivity contribution in [2.45, 2.75) is 6.92 Å². The molecule has 1 aromatic heterocycles. The highest BCUT2D eigenvalue weighted by Gasteiger charge is 2.08. The van der Waals surface area contributed by atoms with Crippen LogP contribution in [0.25, 0.3) is 10.6 Å². The molecule has 0 amide bonds. The number of hydrogen-bond acceptors (Lipinski definition) is 4. The van der Waals surface area contributed by atoms with Crippen LogP contribution in [-0.4, -0.2) is 18.1 Å². The number of benzene rings is 1. The maximum atomic E-state index is 11.4. The van der Waals surface area contributed by atoms with Gasteiger partial charge in [0.15, 0.2) is 0 Å². The molecule has 16 heavy (non-hydrogen) atoms. The molecule has 2 rings (SSSR count). The second kappa shape index (κ2) is 4.45. The van der Waals surface area contributed by atoms with E-state index in [-0.39, 0.29) is 5.97 Å². The van der Waals surface area contributed by atoms with Crippen LogP contribution < -0.4 is 0 Å². The average Bonchev–Trinajstić information content (AvgIpc) is 2.75. The van der Waals surface area contributed by atoms with Crippen LogP contribution in [0.15, 0.2) is 30.5 Å². The monoisotopic (exact) mass is 233 g/mol. The Morgan fingerprint density at radius 3 is 2.88 bits per heavy atom. The Labute approximate surface area is 97.7 Å². The zero-order valence-corrected chi connectivity index (χ0v) is 9.88. The molecule has 0 aliphatic carbocycles. The smallest absolute Gasteiger partial charge is 0.337 e. The number of carbonyl (C=O) groups is 1. The zero-order valence-electron chi connectivity index (χ0n) is 9.06. The largest absolute Gasteiger partial charge is 0.465 e. The summed E-state index contributed by atoms with van der Waals surface area (Å²) in [6, 6.07) is 7.29. The predicted molar refractivity (Wildman–Crippen MR) is 63.6 cm³/mol. The van der Waals surface area contributed by atoms with Crippen molar-refractivity contribution in [1.29, 1.82) is 0 Å². The predicted octanol–water partition coefficient (Wildman–Crippen LogP) is 2.91. The van der Waals surface area contributed by atoms with E-state index < -0.39 is 0 Å². The number of thiazole rings is 1. The molecule has 0 aliphatic heterocycles. The first-order chi connectivity index (χ1) is 7.70.